The third-order valence-corrected chi connectivity index (χ3v) is 3.19. The predicted molar refractivity (Wildman–Crippen MR) is 55.1 cm³/mol. The third-order valence-electron chi connectivity index (χ3n) is 3.19. The number of aliphatic hydroxyl groups is 1. The molecular weight excluding hydrogens is 194 g/mol. The number of rotatable bonds is 2. The van der Waals surface area contributed by atoms with E-state index in [0.29, 0.717) is 13.0 Å². The van der Waals surface area contributed by atoms with E-state index in [1.165, 1.54) is 6.08 Å². The van der Waals surface area contributed by atoms with Crippen LogP contribution in [-0.2, 0) is 9.53 Å². The first-order valence-electron chi connectivity index (χ1n) is 5.50. The SMILES string of the molecule is CCOC(=O)/C=C1/CC2(O)CCCC2N1. The van der Waals surface area contributed by atoms with Gasteiger partial charge in [0.15, 0.2) is 0 Å². The summed E-state index contributed by atoms with van der Waals surface area (Å²) in [5, 5.41) is 13.4. The second kappa shape index (κ2) is 3.85. The first-order valence-corrected chi connectivity index (χ1v) is 5.50. The quantitative estimate of drug-likeness (QED) is 0.521. The van der Waals surface area contributed by atoms with Crippen LogP contribution in [0, 0.1) is 0 Å². The van der Waals surface area contributed by atoms with Crippen LogP contribution in [0.4, 0.5) is 0 Å². The Kier molecular flexibility index (Phi) is 2.69. The molecule has 84 valence electrons. The number of nitrogens with one attached hydrogen (secondary N) is 1. The zero-order valence-corrected chi connectivity index (χ0v) is 8.95. The molecule has 0 amide bonds. The zero-order chi connectivity index (χ0) is 10.9. The normalized spacial score (nSPS) is 36.4. The van der Waals surface area contributed by atoms with Crippen molar-refractivity contribution in [2.24, 2.45) is 0 Å². The average molecular weight is 211 g/mol. The number of hydrogen-bond acceptors (Lipinski definition) is 4. The van der Waals surface area contributed by atoms with Crippen LogP contribution in [0.25, 0.3) is 0 Å². The maximum Gasteiger partial charge on any atom is 0.332 e. The topological polar surface area (TPSA) is 58.6 Å². The molecule has 0 aromatic carbocycles. The van der Waals surface area contributed by atoms with E-state index in [1.807, 2.05) is 0 Å². The third kappa shape index (κ3) is 2.00. The molecule has 0 spiro atoms. The Balaban J connectivity index is 2.01. The van der Waals surface area contributed by atoms with Gasteiger partial charge < -0.3 is 15.2 Å². The van der Waals surface area contributed by atoms with Crippen LogP contribution >= 0.6 is 0 Å². The monoisotopic (exact) mass is 211 g/mol. The lowest BCUT2D eigenvalue weighted by Gasteiger charge is -2.19. The Morgan fingerprint density at radius 1 is 1.80 bits per heavy atom. The van der Waals surface area contributed by atoms with Crippen molar-refractivity contribution in [1.82, 2.24) is 5.32 Å². The molecule has 15 heavy (non-hydrogen) atoms. The van der Waals surface area contributed by atoms with Gasteiger partial charge >= 0.3 is 5.97 Å². The first kappa shape index (κ1) is 10.5. The van der Waals surface area contributed by atoms with Crippen molar-refractivity contribution in [2.45, 2.75) is 44.2 Å². The average Bonchev–Trinajstić information content (AvgIpc) is 2.59. The summed E-state index contributed by atoms with van der Waals surface area (Å²) in [5.41, 5.74) is 0.179. The maximum atomic E-state index is 11.2. The van der Waals surface area contributed by atoms with Gasteiger partial charge in [0.25, 0.3) is 0 Å². The number of esters is 1. The minimum atomic E-state index is -0.627. The molecule has 1 aliphatic carbocycles. The first-order chi connectivity index (χ1) is 7.14. The van der Waals surface area contributed by atoms with E-state index >= 15 is 0 Å². The molecule has 1 saturated carbocycles. The van der Waals surface area contributed by atoms with E-state index < -0.39 is 5.60 Å². The standard InChI is InChI=1S/C11H17NO3/c1-2-15-10(13)6-8-7-11(14)5-3-4-9(11)12-8/h6,9,12,14H,2-5,7H2,1H3/b8-6-. The summed E-state index contributed by atoms with van der Waals surface area (Å²) < 4.78 is 4.82. The van der Waals surface area contributed by atoms with E-state index in [9.17, 15) is 9.90 Å². The maximum absolute atomic E-state index is 11.2. The molecule has 2 rings (SSSR count). The Labute approximate surface area is 89.3 Å². The van der Waals surface area contributed by atoms with E-state index in [2.05, 4.69) is 5.32 Å². The van der Waals surface area contributed by atoms with Gasteiger partial charge in [0.1, 0.15) is 0 Å². The number of fused-ring (bicyclic) bond motifs is 1. The highest BCUT2D eigenvalue weighted by Crippen LogP contribution is 2.39. The predicted octanol–water partition coefficient (Wildman–Crippen LogP) is 0.710. The number of ether oxygens (including phenoxy) is 1. The largest absolute Gasteiger partial charge is 0.463 e. The molecule has 0 bridgehead atoms. The van der Waals surface area contributed by atoms with Gasteiger partial charge in [0, 0.05) is 18.2 Å². The van der Waals surface area contributed by atoms with Gasteiger partial charge in [-0.3, -0.25) is 0 Å². The lowest BCUT2D eigenvalue weighted by Crippen LogP contribution is -2.36. The molecule has 1 saturated heterocycles. The van der Waals surface area contributed by atoms with Crippen LogP contribution in [-0.4, -0.2) is 29.3 Å². The summed E-state index contributed by atoms with van der Waals surface area (Å²) >= 11 is 0. The molecule has 2 atom stereocenters. The summed E-state index contributed by atoms with van der Waals surface area (Å²) in [6.07, 6.45) is 4.87. The van der Waals surface area contributed by atoms with Crippen LogP contribution in [0.1, 0.15) is 32.6 Å². The highest BCUT2D eigenvalue weighted by molar-refractivity contribution is 5.82. The van der Waals surface area contributed by atoms with Crippen molar-refractivity contribution in [3.8, 4) is 0 Å². The summed E-state index contributed by atoms with van der Waals surface area (Å²) in [5.74, 6) is -0.330. The van der Waals surface area contributed by atoms with E-state index in [1.54, 1.807) is 6.92 Å². The van der Waals surface area contributed by atoms with E-state index in [0.717, 1.165) is 25.0 Å². The zero-order valence-electron chi connectivity index (χ0n) is 8.95. The highest BCUT2D eigenvalue weighted by Gasteiger charge is 2.46. The van der Waals surface area contributed by atoms with Gasteiger partial charge in [0.2, 0.25) is 0 Å². The van der Waals surface area contributed by atoms with Crippen LogP contribution < -0.4 is 5.32 Å². The molecule has 2 unspecified atom stereocenters. The van der Waals surface area contributed by atoms with Crippen molar-refractivity contribution < 1.29 is 14.6 Å². The fraction of sp³-hybridized carbons (Fsp3) is 0.727. The Bertz CT molecular complexity index is 300. The molecule has 2 fully saturated rings. The van der Waals surface area contributed by atoms with Crippen molar-refractivity contribution in [2.75, 3.05) is 6.61 Å². The summed E-state index contributed by atoms with van der Waals surface area (Å²) in [6, 6.07) is 0.123. The lowest BCUT2D eigenvalue weighted by molar-refractivity contribution is -0.137. The second-order valence-corrected chi connectivity index (χ2v) is 4.29. The second-order valence-electron chi connectivity index (χ2n) is 4.29. The van der Waals surface area contributed by atoms with E-state index in [4.69, 9.17) is 4.74 Å². The van der Waals surface area contributed by atoms with Gasteiger partial charge in [-0.25, -0.2) is 4.79 Å². The van der Waals surface area contributed by atoms with Crippen LogP contribution in [0.15, 0.2) is 11.8 Å². The molecule has 1 heterocycles. The van der Waals surface area contributed by atoms with Crippen molar-refractivity contribution in [1.29, 1.82) is 0 Å². The minimum Gasteiger partial charge on any atom is -0.463 e. The Hall–Kier alpha value is -1.03. The highest BCUT2D eigenvalue weighted by atomic mass is 16.5. The Morgan fingerprint density at radius 2 is 2.60 bits per heavy atom. The molecule has 0 aromatic heterocycles. The molecule has 4 nitrogen and oxygen atoms in total. The van der Waals surface area contributed by atoms with Gasteiger partial charge in [-0.15, -0.1) is 0 Å². The smallest absolute Gasteiger partial charge is 0.332 e. The van der Waals surface area contributed by atoms with Gasteiger partial charge in [-0.2, -0.15) is 0 Å². The molecule has 2 aliphatic rings. The molecular formula is C11H17NO3. The minimum absolute atomic E-state index is 0.123. The van der Waals surface area contributed by atoms with E-state index in [-0.39, 0.29) is 12.0 Å². The van der Waals surface area contributed by atoms with Crippen LogP contribution in [0.2, 0.25) is 0 Å². The van der Waals surface area contributed by atoms with Crippen molar-refractivity contribution in [3.63, 3.8) is 0 Å². The van der Waals surface area contributed by atoms with Crippen LogP contribution in [0.3, 0.4) is 0 Å². The number of hydrogen-bond donors (Lipinski definition) is 2. The summed E-state index contributed by atoms with van der Waals surface area (Å²) in [4.78, 5) is 11.2. The summed E-state index contributed by atoms with van der Waals surface area (Å²) in [7, 11) is 0. The van der Waals surface area contributed by atoms with Crippen molar-refractivity contribution >= 4 is 5.97 Å². The Morgan fingerprint density at radius 3 is 3.27 bits per heavy atom. The number of carbonyl (C=O) groups is 1. The fourth-order valence-electron chi connectivity index (χ4n) is 2.50. The van der Waals surface area contributed by atoms with Crippen LogP contribution in [0.5, 0.6) is 0 Å². The molecule has 0 radical (unpaired) electrons. The molecule has 1 aliphatic heterocycles. The fourth-order valence-corrected chi connectivity index (χ4v) is 2.50. The van der Waals surface area contributed by atoms with Gasteiger partial charge in [-0.05, 0) is 26.2 Å². The van der Waals surface area contributed by atoms with Crippen molar-refractivity contribution in [3.05, 3.63) is 11.8 Å². The number of carbonyl (C=O) groups excluding carboxylic acids is 1. The summed E-state index contributed by atoms with van der Waals surface area (Å²) in [6.45, 7) is 2.16. The molecule has 0 aromatic rings. The molecule has 4 heteroatoms. The van der Waals surface area contributed by atoms with Gasteiger partial charge in [-0.1, -0.05) is 0 Å². The lowest BCUT2D eigenvalue weighted by atomic mass is 9.97. The molecule has 2 N–H and O–H groups in total. The van der Waals surface area contributed by atoms with Gasteiger partial charge in [0.05, 0.1) is 18.2 Å².